The topological polar surface area (TPSA) is 43.4 Å². The van der Waals surface area contributed by atoms with E-state index in [0.29, 0.717) is 30.0 Å². The highest BCUT2D eigenvalue weighted by Gasteiger charge is 2.41. The molecule has 0 saturated heterocycles. The number of carbonyl (C=O) groups excluding carboxylic acids is 2. The molecule has 0 heterocycles. The standard InChI is InChI=1S/C17H26O3/c1-10-6-7-13(17(4,5)20-12(3)18)8-15-11(2)16(19)9-14(10)15/h10,13-14H,6-9H2,1-5H3. The van der Waals surface area contributed by atoms with Crippen LogP contribution in [0.4, 0.5) is 0 Å². The van der Waals surface area contributed by atoms with E-state index in [9.17, 15) is 9.59 Å². The fourth-order valence-corrected chi connectivity index (χ4v) is 3.86. The number of esters is 1. The second kappa shape index (κ2) is 5.34. The molecule has 3 atom stereocenters. The molecule has 3 unspecified atom stereocenters. The van der Waals surface area contributed by atoms with E-state index in [2.05, 4.69) is 6.92 Å². The maximum Gasteiger partial charge on any atom is 0.303 e. The molecular formula is C17H26O3. The minimum atomic E-state index is -0.459. The third kappa shape index (κ3) is 2.82. The lowest BCUT2D eigenvalue weighted by Gasteiger charge is -2.33. The highest BCUT2D eigenvalue weighted by Crippen LogP contribution is 2.46. The maximum atomic E-state index is 12.0. The molecule has 1 saturated carbocycles. The van der Waals surface area contributed by atoms with E-state index in [-0.39, 0.29) is 5.97 Å². The quantitative estimate of drug-likeness (QED) is 0.724. The Morgan fingerprint density at radius 1 is 1.25 bits per heavy atom. The van der Waals surface area contributed by atoms with Crippen molar-refractivity contribution >= 4 is 11.8 Å². The monoisotopic (exact) mass is 278 g/mol. The van der Waals surface area contributed by atoms with Crippen LogP contribution in [-0.2, 0) is 14.3 Å². The minimum Gasteiger partial charge on any atom is -0.460 e. The lowest BCUT2D eigenvalue weighted by molar-refractivity contribution is -0.159. The molecule has 2 aliphatic carbocycles. The van der Waals surface area contributed by atoms with Gasteiger partial charge in [-0.1, -0.05) is 12.5 Å². The van der Waals surface area contributed by atoms with Crippen molar-refractivity contribution in [2.75, 3.05) is 0 Å². The summed E-state index contributed by atoms with van der Waals surface area (Å²) in [6.07, 6.45) is 3.74. The molecule has 0 spiro atoms. The lowest BCUT2D eigenvalue weighted by Crippen LogP contribution is -2.36. The van der Waals surface area contributed by atoms with Gasteiger partial charge in [0.05, 0.1) is 0 Å². The van der Waals surface area contributed by atoms with Gasteiger partial charge in [0, 0.05) is 19.3 Å². The Hall–Kier alpha value is -1.12. The van der Waals surface area contributed by atoms with Crippen LogP contribution >= 0.6 is 0 Å². The predicted octanol–water partition coefficient (Wildman–Crippen LogP) is 3.67. The van der Waals surface area contributed by atoms with Gasteiger partial charge in [-0.3, -0.25) is 9.59 Å². The van der Waals surface area contributed by atoms with Gasteiger partial charge in [0.2, 0.25) is 0 Å². The van der Waals surface area contributed by atoms with Crippen molar-refractivity contribution in [1.29, 1.82) is 0 Å². The second-order valence-corrected chi connectivity index (χ2v) is 7.04. The lowest BCUT2D eigenvalue weighted by atomic mass is 9.82. The summed E-state index contributed by atoms with van der Waals surface area (Å²) in [7, 11) is 0. The highest BCUT2D eigenvalue weighted by molar-refractivity contribution is 5.98. The Bertz CT molecular complexity index is 459. The maximum absolute atomic E-state index is 12.0. The molecule has 2 rings (SSSR count). The van der Waals surface area contributed by atoms with Gasteiger partial charge in [0.1, 0.15) is 5.60 Å². The number of fused-ring (bicyclic) bond motifs is 1. The first-order chi connectivity index (χ1) is 9.22. The number of carbonyl (C=O) groups is 2. The van der Waals surface area contributed by atoms with Crippen LogP contribution in [0.2, 0.25) is 0 Å². The summed E-state index contributed by atoms with van der Waals surface area (Å²) < 4.78 is 5.53. The second-order valence-electron chi connectivity index (χ2n) is 7.04. The van der Waals surface area contributed by atoms with Crippen molar-refractivity contribution in [2.24, 2.45) is 17.8 Å². The van der Waals surface area contributed by atoms with Crippen LogP contribution in [0.3, 0.4) is 0 Å². The number of rotatable bonds is 2. The predicted molar refractivity (Wildman–Crippen MR) is 78.2 cm³/mol. The summed E-state index contributed by atoms with van der Waals surface area (Å²) in [5, 5.41) is 0. The van der Waals surface area contributed by atoms with Crippen LogP contribution in [0, 0.1) is 17.8 Å². The van der Waals surface area contributed by atoms with Gasteiger partial charge in [-0.25, -0.2) is 0 Å². The first-order valence-electron chi connectivity index (χ1n) is 7.64. The summed E-state index contributed by atoms with van der Waals surface area (Å²) in [5.41, 5.74) is 1.83. The molecule has 0 radical (unpaired) electrons. The highest BCUT2D eigenvalue weighted by atomic mass is 16.6. The number of hydrogen-bond acceptors (Lipinski definition) is 3. The third-order valence-electron chi connectivity index (χ3n) is 5.27. The molecule has 1 fully saturated rings. The van der Waals surface area contributed by atoms with Crippen molar-refractivity contribution in [3.63, 3.8) is 0 Å². The van der Waals surface area contributed by atoms with Gasteiger partial charge in [-0.15, -0.1) is 0 Å². The largest absolute Gasteiger partial charge is 0.460 e. The normalized spacial score (nSPS) is 31.1. The van der Waals surface area contributed by atoms with Crippen LogP contribution in [0.1, 0.15) is 60.3 Å². The third-order valence-corrected chi connectivity index (χ3v) is 5.27. The van der Waals surface area contributed by atoms with Crippen LogP contribution in [0.25, 0.3) is 0 Å². The van der Waals surface area contributed by atoms with E-state index >= 15 is 0 Å². The van der Waals surface area contributed by atoms with E-state index in [1.54, 1.807) is 0 Å². The fourth-order valence-electron chi connectivity index (χ4n) is 3.86. The van der Waals surface area contributed by atoms with Gasteiger partial charge in [-0.2, -0.15) is 0 Å². The van der Waals surface area contributed by atoms with Gasteiger partial charge in [0.25, 0.3) is 0 Å². The van der Waals surface area contributed by atoms with E-state index in [4.69, 9.17) is 4.74 Å². The van der Waals surface area contributed by atoms with Crippen LogP contribution in [0.5, 0.6) is 0 Å². The van der Waals surface area contributed by atoms with Gasteiger partial charge in [-0.05, 0) is 57.4 Å². The van der Waals surface area contributed by atoms with Gasteiger partial charge >= 0.3 is 5.97 Å². The number of hydrogen-bond donors (Lipinski definition) is 0. The first kappa shape index (κ1) is 15.3. The van der Waals surface area contributed by atoms with Crippen molar-refractivity contribution in [2.45, 2.75) is 65.9 Å². The molecule has 112 valence electrons. The Kier molecular flexibility index (Phi) is 4.08. The van der Waals surface area contributed by atoms with E-state index < -0.39 is 5.60 Å². The molecule has 3 nitrogen and oxygen atoms in total. The molecule has 0 aromatic heterocycles. The summed E-state index contributed by atoms with van der Waals surface area (Å²) in [6.45, 7) is 9.67. The zero-order valence-corrected chi connectivity index (χ0v) is 13.3. The first-order valence-corrected chi connectivity index (χ1v) is 7.64. The average Bonchev–Trinajstić information content (AvgIpc) is 2.50. The van der Waals surface area contributed by atoms with E-state index in [0.717, 1.165) is 24.8 Å². The Labute approximate surface area is 121 Å². The molecule has 0 bridgehead atoms. The summed E-state index contributed by atoms with van der Waals surface area (Å²) in [4.78, 5) is 23.3. The molecule has 2 aliphatic rings. The summed E-state index contributed by atoms with van der Waals surface area (Å²) in [6, 6.07) is 0. The van der Waals surface area contributed by atoms with Crippen molar-refractivity contribution in [3.8, 4) is 0 Å². The zero-order chi connectivity index (χ0) is 15.1. The number of Topliss-reactive ketones (excluding diaryl/α,β-unsaturated/α-hetero) is 1. The minimum absolute atomic E-state index is 0.225. The molecule has 0 aromatic rings. The van der Waals surface area contributed by atoms with Gasteiger partial charge in [0.15, 0.2) is 5.78 Å². The number of ketones is 1. The molecule has 20 heavy (non-hydrogen) atoms. The van der Waals surface area contributed by atoms with Gasteiger partial charge < -0.3 is 4.74 Å². The average molecular weight is 278 g/mol. The number of allylic oxidation sites excluding steroid dienone is 2. The zero-order valence-electron chi connectivity index (χ0n) is 13.3. The van der Waals surface area contributed by atoms with Crippen LogP contribution in [-0.4, -0.2) is 17.4 Å². The number of ether oxygens (including phenoxy) is 1. The van der Waals surface area contributed by atoms with Crippen molar-refractivity contribution in [1.82, 2.24) is 0 Å². The molecular weight excluding hydrogens is 252 g/mol. The van der Waals surface area contributed by atoms with Crippen molar-refractivity contribution < 1.29 is 14.3 Å². The van der Waals surface area contributed by atoms with E-state index in [1.165, 1.54) is 12.5 Å². The smallest absolute Gasteiger partial charge is 0.303 e. The van der Waals surface area contributed by atoms with Crippen LogP contribution in [0.15, 0.2) is 11.1 Å². The fraction of sp³-hybridized carbons (Fsp3) is 0.765. The molecule has 0 aromatic carbocycles. The van der Waals surface area contributed by atoms with Crippen molar-refractivity contribution in [3.05, 3.63) is 11.1 Å². The molecule has 0 N–H and O–H groups in total. The Balaban J connectivity index is 2.26. The molecule has 0 amide bonds. The Morgan fingerprint density at radius 2 is 1.90 bits per heavy atom. The molecule has 0 aliphatic heterocycles. The Morgan fingerprint density at radius 3 is 2.50 bits per heavy atom. The summed E-state index contributed by atoms with van der Waals surface area (Å²) >= 11 is 0. The van der Waals surface area contributed by atoms with E-state index in [1.807, 2.05) is 20.8 Å². The van der Waals surface area contributed by atoms with Crippen LogP contribution < -0.4 is 0 Å². The molecule has 3 heteroatoms. The SMILES string of the molecule is CC(=O)OC(C)(C)C1CCC(C)C2CC(=O)C(C)=C2C1. The summed E-state index contributed by atoms with van der Waals surface area (Å²) in [5.74, 6) is 1.35.